The molecule has 9 heteroatoms. The summed E-state index contributed by atoms with van der Waals surface area (Å²) in [6.45, 7) is 8.53. The smallest absolute Gasteiger partial charge is 0.232 e. The Bertz CT molecular complexity index is 638. The second-order valence-corrected chi connectivity index (χ2v) is 10.6. The molecule has 5 unspecified atom stereocenters. The molecule has 0 aromatic carbocycles. The first-order valence-electron chi connectivity index (χ1n) is 12.3. The highest BCUT2D eigenvalue weighted by atomic mass is 35.5. The van der Waals surface area contributed by atoms with Crippen LogP contribution in [0.25, 0.3) is 0 Å². The summed E-state index contributed by atoms with van der Waals surface area (Å²) in [6.07, 6.45) is 4.40. The summed E-state index contributed by atoms with van der Waals surface area (Å²) in [6, 6.07) is 0.318. The van der Waals surface area contributed by atoms with Gasteiger partial charge in [0.15, 0.2) is 0 Å². The van der Waals surface area contributed by atoms with E-state index in [1.54, 1.807) is 7.11 Å². The molecular formula is C23H43ClN6O2. The number of alkyl halides is 1. The van der Waals surface area contributed by atoms with E-state index in [9.17, 15) is 4.79 Å². The van der Waals surface area contributed by atoms with Crippen LogP contribution in [0.5, 0.6) is 0 Å². The minimum absolute atomic E-state index is 0.00610. The van der Waals surface area contributed by atoms with Gasteiger partial charge in [-0.1, -0.05) is 13.8 Å². The number of carbonyl (C=O) groups excluding carboxylic acids is 1. The third kappa shape index (κ3) is 6.42. The minimum Gasteiger partial charge on any atom is -0.381 e. The van der Waals surface area contributed by atoms with Gasteiger partial charge in [0, 0.05) is 44.4 Å². The Kier molecular flexibility index (Phi) is 9.76. The SMILES string of the molecule is COC1CCN(C2CCNCC2NC(=O)C(C2=NCC(Cl)CCC2C(C)C)C(N)N)CC1. The van der Waals surface area contributed by atoms with Gasteiger partial charge < -0.3 is 26.8 Å². The maximum Gasteiger partial charge on any atom is 0.232 e. The van der Waals surface area contributed by atoms with Crippen molar-refractivity contribution in [2.24, 2.45) is 34.2 Å². The van der Waals surface area contributed by atoms with Crippen molar-refractivity contribution in [3.05, 3.63) is 0 Å². The molecule has 0 saturated carbocycles. The van der Waals surface area contributed by atoms with Crippen molar-refractivity contribution in [3.63, 3.8) is 0 Å². The number of rotatable bonds is 7. The number of carbonyl (C=O) groups is 1. The number of nitrogens with one attached hydrogen (secondary N) is 2. The fourth-order valence-electron chi connectivity index (χ4n) is 5.58. The highest BCUT2D eigenvalue weighted by Crippen LogP contribution is 2.29. The standard InChI is InChI=1S/C23H43ClN6O2/c1-14(2)17-5-4-15(24)12-28-21(17)20(22(25)26)23(31)29-18-13-27-9-6-19(18)30-10-7-16(32-3)8-11-30/h14-20,22,27H,4-13,25-26H2,1-3H3,(H,29,31). The van der Waals surface area contributed by atoms with E-state index in [2.05, 4.69) is 29.4 Å². The summed E-state index contributed by atoms with van der Waals surface area (Å²) in [7, 11) is 1.79. The number of ether oxygens (including phenoxy) is 1. The Morgan fingerprint density at radius 2 is 1.94 bits per heavy atom. The third-order valence-corrected chi connectivity index (χ3v) is 7.84. The number of amides is 1. The zero-order valence-electron chi connectivity index (χ0n) is 19.9. The van der Waals surface area contributed by atoms with Crippen molar-refractivity contribution in [3.8, 4) is 0 Å². The van der Waals surface area contributed by atoms with Crippen molar-refractivity contribution < 1.29 is 9.53 Å². The van der Waals surface area contributed by atoms with E-state index in [0.29, 0.717) is 24.6 Å². The molecule has 0 aromatic heterocycles. The van der Waals surface area contributed by atoms with Gasteiger partial charge in [0.2, 0.25) is 5.91 Å². The van der Waals surface area contributed by atoms with E-state index in [1.807, 2.05) is 0 Å². The Morgan fingerprint density at radius 1 is 1.22 bits per heavy atom. The van der Waals surface area contributed by atoms with E-state index >= 15 is 0 Å². The number of hydrogen-bond acceptors (Lipinski definition) is 7. The van der Waals surface area contributed by atoms with Gasteiger partial charge in [-0.25, -0.2) is 0 Å². The van der Waals surface area contributed by atoms with Gasteiger partial charge in [-0.05, 0) is 44.6 Å². The maximum absolute atomic E-state index is 13.6. The van der Waals surface area contributed by atoms with Crippen LogP contribution >= 0.6 is 11.6 Å². The number of likely N-dealkylation sites (tertiary alicyclic amines) is 1. The van der Waals surface area contributed by atoms with Crippen molar-refractivity contribution in [1.29, 1.82) is 0 Å². The molecule has 3 rings (SSSR count). The van der Waals surface area contributed by atoms with Gasteiger partial charge >= 0.3 is 0 Å². The molecule has 32 heavy (non-hydrogen) atoms. The van der Waals surface area contributed by atoms with E-state index in [1.165, 1.54) is 0 Å². The molecule has 184 valence electrons. The largest absolute Gasteiger partial charge is 0.381 e. The third-order valence-electron chi connectivity index (χ3n) is 7.49. The predicted octanol–water partition coefficient (Wildman–Crippen LogP) is 0.918. The number of nitrogens with two attached hydrogens (primary N) is 2. The molecule has 2 fully saturated rings. The topological polar surface area (TPSA) is 118 Å². The lowest BCUT2D eigenvalue weighted by molar-refractivity contribution is -0.125. The van der Waals surface area contributed by atoms with E-state index in [-0.39, 0.29) is 23.2 Å². The van der Waals surface area contributed by atoms with Gasteiger partial charge in [0.1, 0.15) is 5.92 Å². The summed E-state index contributed by atoms with van der Waals surface area (Å²) in [5, 5.41) is 6.75. The zero-order chi connectivity index (χ0) is 23.3. The number of aliphatic imine (C=N–C) groups is 1. The van der Waals surface area contributed by atoms with Crippen molar-refractivity contribution in [2.75, 3.05) is 39.8 Å². The molecule has 0 aromatic rings. The van der Waals surface area contributed by atoms with Gasteiger partial charge in [-0.3, -0.25) is 14.7 Å². The van der Waals surface area contributed by atoms with Crippen LogP contribution in [0, 0.1) is 17.8 Å². The van der Waals surface area contributed by atoms with Crippen LogP contribution < -0.4 is 22.1 Å². The Hall–Kier alpha value is -0.770. The quantitative estimate of drug-likeness (QED) is 0.324. The van der Waals surface area contributed by atoms with Gasteiger partial charge in [0.25, 0.3) is 0 Å². The normalized spacial score (nSPS) is 31.9. The molecule has 0 bridgehead atoms. The van der Waals surface area contributed by atoms with Crippen LogP contribution in [0.1, 0.15) is 46.0 Å². The van der Waals surface area contributed by atoms with E-state index < -0.39 is 12.1 Å². The average Bonchev–Trinajstić information content (AvgIpc) is 2.96. The van der Waals surface area contributed by atoms with Crippen LogP contribution in [-0.2, 0) is 9.53 Å². The molecular weight excluding hydrogens is 428 g/mol. The summed E-state index contributed by atoms with van der Waals surface area (Å²) < 4.78 is 5.53. The summed E-state index contributed by atoms with van der Waals surface area (Å²) >= 11 is 6.41. The van der Waals surface area contributed by atoms with Gasteiger partial charge in [-0.15, -0.1) is 11.6 Å². The Morgan fingerprint density at radius 3 is 2.56 bits per heavy atom. The lowest BCUT2D eigenvalue weighted by Gasteiger charge is -2.44. The lowest BCUT2D eigenvalue weighted by Crippen LogP contribution is -2.63. The molecule has 2 saturated heterocycles. The van der Waals surface area contributed by atoms with Crippen LogP contribution in [0.2, 0.25) is 0 Å². The highest BCUT2D eigenvalue weighted by molar-refractivity contribution is 6.21. The number of nitrogens with zero attached hydrogens (tertiary/aromatic N) is 2. The van der Waals surface area contributed by atoms with Crippen molar-refractivity contribution >= 4 is 23.2 Å². The van der Waals surface area contributed by atoms with E-state index in [0.717, 1.165) is 64.0 Å². The molecule has 5 atom stereocenters. The zero-order valence-corrected chi connectivity index (χ0v) is 20.7. The highest BCUT2D eigenvalue weighted by Gasteiger charge is 2.39. The molecule has 0 spiro atoms. The van der Waals surface area contributed by atoms with Gasteiger partial charge in [-0.2, -0.15) is 0 Å². The van der Waals surface area contributed by atoms with Crippen LogP contribution in [0.3, 0.4) is 0 Å². The van der Waals surface area contributed by atoms with Crippen molar-refractivity contribution in [2.45, 2.75) is 75.7 Å². The second-order valence-electron chi connectivity index (χ2n) is 9.99. The molecule has 8 nitrogen and oxygen atoms in total. The van der Waals surface area contributed by atoms with Crippen LogP contribution in [0.4, 0.5) is 0 Å². The summed E-state index contributed by atoms with van der Waals surface area (Å²) in [5.41, 5.74) is 13.2. The second kappa shape index (κ2) is 12.1. The fraction of sp³-hybridized carbons (Fsp3) is 0.913. The molecule has 3 aliphatic heterocycles. The first-order chi connectivity index (χ1) is 15.3. The van der Waals surface area contributed by atoms with Crippen molar-refractivity contribution in [1.82, 2.24) is 15.5 Å². The Balaban J connectivity index is 1.74. The molecule has 3 aliphatic rings. The first-order valence-corrected chi connectivity index (χ1v) is 12.7. The summed E-state index contributed by atoms with van der Waals surface area (Å²) in [4.78, 5) is 20.9. The average molecular weight is 471 g/mol. The van der Waals surface area contributed by atoms with E-state index in [4.69, 9.17) is 32.8 Å². The number of hydrogen-bond donors (Lipinski definition) is 4. The maximum atomic E-state index is 13.6. The number of halogens is 1. The molecule has 6 N–H and O–H groups in total. The van der Waals surface area contributed by atoms with Crippen LogP contribution in [-0.4, -0.2) is 86.1 Å². The fourth-order valence-corrected chi connectivity index (χ4v) is 5.77. The number of methoxy groups -OCH3 is 1. The molecule has 0 radical (unpaired) electrons. The molecule has 3 heterocycles. The number of piperidine rings is 2. The molecule has 1 amide bonds. The van der Waals surface area contributed by atoms with Gasteiger partial charge in [0.05, 0.1) is 30.2 Å². The molecule has 0 aliphatic carbocycles. The first kappa shape index (κ1) is 25.8. The summed E-state index contributed by atoms with van der Waals surface area (Å²) in [5.74, 6) is -0.234. The monoisotopic (exact) mass is 470 g/mol. The van der Waals surface area contributed by atoms with Crippen LogP contribution in [0.15, 0.2) is 4.99 Å². The predicted molar refractivity (Wildman–Crippen MR) is 130 cm³/mol. The lowest BCUT2D eigenvalue weighted by atomic mass is 9.80. The Labute approximate surface area is 198 Å². The minimum atomic E-state index is -0.797.